The fourth-order valence-electron chi connectivity index (χ4n) is 1.77. The van der Waals surface area contributed by atoms with Crippen LogP contribution >= 0.6 is 0 Å². The largest absolute Gasteiger partial charge is 0.505 e. The van der Waals surface area contributed by atoms with E-state index in [0.717, 1.165) is 7.11 Å². The standard InChI is InChI=1S/C10H11N3O4/c1-4-6-7(13(2)12-4)8(14)5(9(15)11-6)10(16)17-3/h1-3H3,(H2,11,14,15). The number of pyridine rings is 1. The van der Waals surface area contributed by atoms with Gasteiger partial charge in [-0.3, -0.25) is 9.48 Å². The zero-order valence-electron chi connectivity index (χ0n) is 9.57. The summed E-state index contributed by atoms with van der Waals surface area (Å²) < 4.78 is 5.84. The van der Waals surface area contributed by atoms with Gasteiger partial charge < -0.3 is 14.8 Å². The van der Waals surface area contributed by atoms with E-state index in [1.165, 1.54) is 4.68 Å². The van der Waals surface area contributed by atoms with E-state index in [2.05, 4.69) is 14.8 Å². The molecule has 2 aromatic rings. The number of hydrogen-bond acceptors (Lipinski definition) is 5. The van der Waals surface area contributed by atoms with Crippen molar-refractivity contribution in [3.8, 4) is 5.75 Å². The van der Waals surface area contributed by atoms with Gasteiger partial charge in [-0.1, -0.05) is 0 Å². The number of H-pyrrole nitrogens is 1. The van der Waals surface area contributed by atoms with Crippen LogP contribution in [0.1, 0.15) is 16.1 Å². The first-order chi connectivity index (χ1) is 7.97. The third kappa shape index (κ3) is 1.47. The summed E-state index contributed by atoms with van der Waals surface area (Å²) in [6.07, 6.45) is 0. The SMILES string of the molecule is COC(=O)c1c(O)c2c([nH]c1=O)c(C)nn2C. The number of nitrogens with zero attached hydrogens (tertiary/aromatic N) is 2. The quantitative estimate of drug-likeness (QED) is 0.683. The predicted octanol–water partition coefficient (Wildman–Crippen LogP) is 0.0622. The van der Waals surface area contributed by atoms with E-state index >= 15 is 0 Å². The molecule has 2 rings (SSSR count). The lowest BCUT2D eigenvalue weighted by Gasteiger charge is -2.03. The number of aryl methyl sites for hydroxylation is 2. The summed E-state index contributed by atoms with van der Waals surface area (Å²) in [7, 11) is 2.74. The Balaban J connectivity index is 2.94. The van der Waals surface area contributed by atoms with Crippen molar-refractivity contribution in [1.82, 2.24) is 14.8 Å². The first-order valence-electron chi connectivity index (χ1n) is 4.84. The van der Waals surface area contributed by atoms with Crippen LogP contribution < -0.4 is 5.56 Å². The van der Waals surface area contributed by atoms with E-state index in [4.69, 9.17) is 0 Å². The van der Waals surface area contributed by atoms with Crippen molar-refractivity contribution >= 4 is 17.0 Å². The molecule has 0 amide bonds. The van der Waals surface area contributed by atoms with Gasteiger partial charge in [-0.2, -0.15) is 5.10 Å². The molecule has 7 heteroatoms. The van der Waals surface area contributed by atoms with E-state index < -0.39 is 22.8 Å². The number of hydrogen-bond donors (Lipinski definition) is 2. The second-order valence-corrected chi connectivity index (χ2v) is 3.60. The highest BCUT2D eigenvalue weighted by molar-refractivity contribution is 5.98. The van der Waals surface area contributed by atoms with E-state index in [0.29, 0.717) is 16.7 Å². The zero-order valence-corrected chi connectivity index (χ0v) is 9.57. The average Bonchev–Trinajstić information content (AvgIpc) is 2.54. The molecule has 0 bridgehead atoms. The van der Waals surface area contributed by atoms with Gasteiger partial charge in [0, 0.05) is 7.05 Å². The molecule has 2 heterocycles. The highest BCUT2D eigenvalue weighted by Crippen LogP contribution is 2.26. The Kier molecular flexibility index (Phi) is 2.38. The van der Waals surface area contributed by atoms with Crippen LogP contribution in [0.3, 0.4) is 0 Å². The van der Waals surface area contributed by atoms with Crippen molar-refractivity contribution in [3.63, 3.8) is 0 Å². The summed E-state index contributed by atoms with van der Waals surface area (Å²) in [5, 5.41) is 14.0. The van der Waals surface area contributed by atoms with Gasteiger partial charge in [0.15, 0.2) is 11.3 Å². The Morgan fingerprint density at radius 3 is 2.76 bits per heavy atom. The van der Waals surface area contributed by atoms with Gasteiger partial charge in [0.2, 0.25) is 0 Å². The number of methoxy groups -OCH3 is 1. The molecule has 0 saturated heterocycles. The van der Waals surface area contributed by atoms with E-state index in [1.54, 1.807) is 14.0 Å². The number of ether oxygens (including phenoxy) is 1. The summed E-state index contributed by atoms with van der Waals surface area (Å²) in [6.45, 7) is 1.69. The number of carbonyl (C=O) groups excluding carboxylic acids is 1. The molecule has 7 nitrogen and oxygen atoms in total. The Bertz CT molecular complexity index is 668. The second-order valence-electron chi connectivity index (χ2n) is 3.60. The molecule has 0 saturated carbocycles. The first kappa shape index (κ1) is 11.2. The van der Waals surface area contributed by atoms with E-state index in [1.807, 2.05) is 0 Å². The fourth-order valence-corrected chi connectivity index (χ4v) is 1.77. The molecule has 0 fully saturated rings. The lowest BCUT2D eigenvalue weighted by atomic mass is 10.2. The maximum atomic E-state index is 11.7. The van der Waals surface area contributed by atoms with Crippen molar-refractivity contribution in [1.29, 1.82) is 0 Å². The number of esters is 1. The number of aromatic hydroxyl groups is 1. The van der Waals surface area contributed by atoms with Crippen molar-refractivity contribution in [2.75, 3.05) is 7.11 Å². The minimum atomic E-state index is -0.885. The third-order valence-corrected chi connectivity index (χ3v) is 2.54. The molecule has 90 valence electrons. The lowest BCUT2D eigenvalue weighted by Crippen LogP contribution is -2.19. The maximum Gasteiger partial charge on any atom is 0.347 e. The zero-order chi connectivity index (χ0) is 12.7. The molecular weight excluding hydrogens is 226 g/mol. The highest BCUT2D eigenvalue weighted by atomic mass is 16.5. The molecule has 0 aromatic carbocycles. The van der Waals surface area contributed by atoms with E-state index in [9.17, 15) is 14.7 Å². The minimum absolute atomic E-state index is 0.294. The van der Waals surface area contributed by atoms with E-state index in [-0.39, 0.29) is 0 Å². The van der Waals surface area contributed by atoms with Crippen molar-refractivity contribution in [2.45, 2.75) is 6.92 Å². The monoisotopic (exact) mass is 237 g/mol. The van der Waals surface area contributed by atoms with Crippen molar-refractivity contribution < 1.29 is 14.6 Å². The molecule has 0 aliphatic carbocycles. The molecule has 2 N–H and O–H groups in total. The fraction of sp³-hybridized carbons (Fsp3) is 0.300. The predicted molar refractivity (Wildman–Crippen MR) is 59.1 cm³/mol. The van der Waals surface area contributed by atoms with Crippen LogP contribution in [0.4, 0.5) is 0 Å². The van der Waals surface area contributed by atoms with Crippen LogP contribution in [0.2, 0.25) is 0 Å². The molecular formula is C10H11N3O4. The number of nitrogens with one attached hydrogen (secondary N) is 1. The summed E-state index contributed by atoms with van der Waals surface area (Å²) in [5.41, 5.74) is 0.150. The Morgan fingerprint density at radius 2 is 2.18 bits per heavy atom. The minimum Gasteiger partial charge on any atom is -0.505 e. The number of rotatable bonds is 1. The topological polar surface area (TPSA) is 97.2 Å². The number of aromatic nitrogens is 3. The first-order valence-corrected chi connectivity index (χ1v) is 4.84. The second kappa shape index (κ2) is 3.62. The molecule has 0 spiro atoms. The van der Waals surface area contributed by atoms with Gasteiger partial charge in [-0.15, -0.1) is 0 Å². The third-order valence-electron chi connectivity index (χ3n) is 2.54. The Morgan fingerprint density at radius 1 is 1.53 bits per heavy atom. The summed E-state index contributed by atoms with van der Waals surface area (Å²) >= 11 is 0. The molecule has 2 aromatic heterocycles. The van der Waals surface area contributed by atoms with Crippen LogP contribution in [0.5, 0.6) is 5.75 Å². The van der Waals surface area contributed by atoms with Crippen LogP contribution in [-0.2, 0) is 11.8 Å². The maximum absolute atomic E-state index is 11.7. The molecule has 0 atom stereocenters. The molecule has 0 aliphatic heterocycles. The lowest BCUT2D eigenvalue weighted by molar-refractivity contribution is 0.0595. The van der Waals surface area contributed by atoms with Crippen LogP contribution in [-0.4, -0.2) is 33.0 Å². The highest BCUT2D eigenvalue weighted by Gasteiger charge is 2.22. The summed E-state index contributed by atoms with van der Waals surface area (Å²) in [4.78, 5) is 25.6. The van der Waals surface area contributed by atoms with Gasteiger partial charge >= 0.3 is 5.97 Å². The van der Waals surface area contributed by atoms with Crippen molar-refractivity contribution in [3.05, 3.63) is 21.6 Å². The van der Waals surface area contributed by atoms with Gasteiger partial charge in [-0.05, 0) is 6.92 Å². The normalized spacial score (nSPS) is 10.8. The number of fused-ring (bicyclic) bond motifs is 1. The van der Waals surface area contributed by atoms with Gasteiger partial charge in [-0.25, -0.2) is 4.79 Å². The molecule has 0 aliphatic rings. The number of aromatic amines is 1. The van der Waals surface area contributed by atoms with Crippen molar-refractivity contribution in [2.24, 2.45) is 7.05 Å². The van der Waals surface area contributed by atoms with Gasteiger partial charge in [0.25, 0.3) is 5.56 Å². The Hall–Kier alpha value is -2.31. The summed E-state index contributed by atoms with van der Waals surface area (Å²) in [5.74, 6) is -1.30. The molecule has 0 radical (unpaired) electrons. The van der Waals surface area contributed by atoms with Crippen LogP contribution in [0.25, 0.3) is 11.0 Å². The van der Waals surface area contributed by atoms with Crippen LogP contribution in [0, 0.1) is 6.92 Å². The Labute approximate surface area is 95.6 Å². The summed E-state index contributed by atoms with van der Waals surface area (Å²) in [6, 6.07) is 0. The molecule has 17 heavy (non-hydrogen) atoms. The van der Waals surface area contributed by atoms with Gasteiger partial charge in [0.05, 0.1) is 18.3 Å². The average molecular weight is 237 g/mol. The number of carbonyl (C=O) groups is 1. The molecule has 0 unspecified atom stereocenters. The smallest absolute Gasteiger partial charge is 0.347 e. The van der Waals surface area contributed by atoms with Crippen LogP contribution in [0.15, 0.2) is 4.79 Å². The van der Waals surface area contributed by atoms with Gasteiger partial charge in [0.1, 0.15) is 5.52 Å².